The van der Waals surface area contributed by atoms with E-state index >= 15 is 0 Å². The van der Waals surface area contributed by atoms with E-state index in [1.165, 1.54) is 5.56 Å². The molecule has 2 unspecified atom stereocenters. The van der Waals surface area contributed by atoms with Crippen LogP contribution in [0.1, 0.15) is 51.3 Å². The fourth-order valence-electron chi connectivity index (χ4n) is 2.03. The molecular formula is C14H20O2. The highest BCUT2D eigenvalue weighted by atomic mass is 16.5. The lowest BCUT2D eigenvalue weighted by molar-refractivity contribution is 0.0795. The summed E-state index contributed by atoms with van der Waals surface area (Å²) in [5.41, 5.74) is 2.36. The summed E-state index contributed by atoms with van der Waals surface area (Å²) in [6.45, 7) is 8.53. The molecule has 0 saturated heterocycles. The highest BCUT2D eigenvalue weighted by Crippen LogP contribution is 2.39. The highest BCUT2D eigenvalue weighted by molar-refractivity contribution is 5.44. The van der Waals surface area contributed by atoms with Gasteiger partial charge in [-0.2, -0.15) is 0 Å². The lowest BCUT2D eigenvalue weighted by atomic mass is 9.81. The zero-order chi connectivity index (χ0) is 11.9. The molecule has 2 nitrogen and oxygen atoms in total. The number of aliphatic hydroxyl groups excluding tert-OH is 1. The third-order valence-electron chi connectivity index (χ3n) is 3.75. The number of fused-ring (bicyclic) bond motifs is 1. The maximum atomic E-state index is 9.99. The van der Waals surface area contributed by atoms with Gasteiger partial charge in [-0.15, -0.1) is 0 Å². The van der Waals surface area contributed by atoms with Gasteiger partial charge in [-0.3, -0.25) is 0 Å². The van der Waals surface area contributed by atoms with Crippen LogP contribution in [0, 0.1) is 0 Å². The first-order chi connectivity index (χ1) is 7.45. The maximum absolute atomic E-state index is 9.99. The molecule has 0 amide bonds. The van der Waals surface area contributed by atoms with Gasteiger partial charge in [0, 0.05) is 5.56 Å². The van der Waals surface area contributed by atoms with Crippen molar-refractivity contribution in [3.63, 3.8) is 0 Å². The van der Waals surface area contributed by atoms with Crippen molar-refractivity contribution < 1.29 is 9.84 Å². The number of benzene rings is 1. The first-order valence-electron chi connectivity index (χ1n) is 5.95. The Morgan fingerprint density at radius 3 is 2.69 bits per heavy atom. The molecule has 1 aliphatic heterocycles. The number of hydrogen-bond acceptors (Lipinski definition) is 2. The average molecular weight is 220 g/mol. The molecule has 0 fully saturated rings. The van der Waals surface area contributed by atoms with Crippen molar-refractivity contribution in [1.29, 1.82) is 0 Å². The second-order valence-corrected chi connectivity index (χ2v) is 5.26. The van der Waals surface area contributed by atoms with Crippen molar-refractivity contribution in [2.45, 2.75) is 51.7 Å². The van der Waals surface area contributed by atoms with Gasteiger partial charge >= 0.3 is 0 Å². The summed E-state index contributed by atoms with van der Waals surface area (Å²) in [6.07, 6.45) is 0.468. The molecule has 0 aliphatic carbocycles. The molecule has 0 aromatic heterocycles. The highest BCUT2D eigenvalue weighted by Gasteiger charge is 2.31. The second-order valence-electron chi connectivity index (χ2n) is 5.26. The molecule has 2 rings (SSSR count). The van der Waals surface area contributed by atoms with Crippen molar-refractivity contribution in [3.05, 3.63) is 29.3 Å². The third-order valence-corrected chi connectivity index (χ3v) is 3.75. The molecule has 1 N–H and O–H groups in total. The molecule has 2 atom stereocenters. The van der Waals surface area contributed by atoms with E-state index in [1.807, 2.05) is 13.0 Å². The minimum absolute atomic E-state index is 0.130. The van der Waals surface area contributed by atoms with Crippen LogP contribution in [0.3, 0.4) is 0 Å². The van der Waals surface area contributed by atoms with Gasteiger partial charge < -0.3 is 9.84 Å². The van der Waals surface area contributed by atoms with Crippen LogP contribution in [0.4, 0.5) is 0 Å². The molecule has 88 valence electrons. The summed E-state index contributed by atoms with van der Waals surface area (Å²) in [5.74, 6) is 0.829. The number of rotatable bonds is 2. The van der Waals surface area contributed by atoms with Crippen LogP contribution >= 0.6 is 0 Å². The smallest absolute Gasteiger partial charge is 0.126 e. The molecule has 0 spiro atoms. The van der Waals surface area contributed by atoms with Gasteiger partial charge in [0.2, 0.25) is 0 Å². The van der Waals surface area contributed by atoms with Crippen LogP contribution in [0.25, 0.3) is 0 Å². The maximum Gasteiger partial charge on any atom is 0.126 e. The van der Waals surface area contributed by atoms with Gasteiger partial charge in [0.15, 0.2) is 0 Å². The Balaban J connectivity index is 2.41. The van der Waals surface area contributed by atoms with Crippen molar-refractivity contribution >= 4 is 0 Å². The van der Waals surface area contributed by atoms with Crippen molar-refractivity contribution in [1.82, 2.24) is 0 Å². The third kappa shape index (κ3) is 1.71. The summed E-state index contributed by atoms with van der Waals surface area (Å²) in [4.78, 5) is 0. The molecule has 2 heteroatoms. The quantitative estimate of drug-likeness (QED) is 0.829. The molecular weight excluding hydrogens is 200 g/mol. The average Bonchev–Trinajstić information content (AvgIpc) is 2.55. The minimum Gasteiger partial charge on any atom is -0.487 e. The van der Waals surface area contributed by atoms with E-state index in [0.29, 0.717) is 0 Å². The normalized spacial score (nSPS) is 24.1. The predicted octanol–water partition coefficient (Wildman–Crippen LogP) is 3.19. The van der Waals surface area contributed by atoms with E-state index in [0.717, 1.165) is 17.7 Å². The predicted molar refractivity (Wildman–Crippen MR) is 64.8 cm³/mol. The van der Waals surface area contributed by atoms with Gasteiger partial charge in [0.05, 0.1) is 0 Å². The van der Waals surface area contributed by atoms with Crippen molar-refractivity contribution in [2.24, 2.45) is 0 Å². The van der Waals surface area contributed by atoms with E-state index in [-0.39, 0.29) is 11.5 Å². The Kier molecular flexibility index (Phi) is 2.70. The summed E-state index contributed by atoms with van der Waals surface area (Å²) < 4.78 is 5.57. The fraction of sp³-hybridized carbons (Fsp3) is 0.571. The molecule has 0 saturated carbocycles. The summed E-state index contributed by atoms with van der Waals surface area (Å²) in [5, 5.41) is 9.99. The first kappa shape index (κ1) is 11.5. The van der Waals surface area contributed by atoms with Crippen LogP contribution in [0.15, 0.2) is 18.2 Å². The number of ether oxygens (including phenoxy) is 1. The van der Waals surface area contributed by atoms with Crippen LogP contribution in [0.2, 0.25) is 0 Å². The van der Waals surface area contributed by atoms with Crippen molar-refractivity contribution in [2.75, 3.05) is 0 Å². The SMILES string of the molecule is CCC(C)(C)c1ccc2c(c1)C(O)C(C)O2. The molecule has 0 radical (unpaired) electrons. The van der Waals surface area contributed by atoms with Crippen molar-refractivity contribution in [3.8, 4) is 5.75 Å². The molecule has 1 aromatic carbocycles. The van der Waals surface area contributed by atoms with Gasteiger partial charge in [0.1, 0.15) is 18.0 Å². The van der Waals surface area contributed by atoms with E-state index in [9.17, 15) is 5.11 Å². The Morgan fingerprint density at radius 2 is 2.06 bits per heavy atom. The Morgan fingerprint density at radius 1 is 1.38 bits per heavy atom. The summed E-state index contributed by atoms with van der Waals surface area (Å²) in [7, 11) is 0. The van der Waals surface area contributed by atoms with Gasteiger partial charge in [-0.05, 0) is 36.5 Å². The fourth-order valence-corrected chi connectivity index (χ4v) is 2.03. The summed E-state index contributed by atoms with van der Waals surface area (Å²) in [6, 6.07) is 6.18. The molecule has 16 heavy (non-hydrogen) atoms. The Bertz CT molecular complexity index is 396. The lowest BCUT2D eigenvalue weighted by Gasteiger charge is -2.24. The van der Waals surface area contributed by atoms with E-state index in [2.05, 4.69) is 32.9 Å². The van der Waals surface area contributed by atoms with E-state index in [1.54, 1.807) is 0 Å². The molecule has 1 aromatic rings. The van der Waals surface area contributed by atoms with Gasteiger partial charge in [-0.1, -0.05) is 26.8 Å². The standard InChI is InChI=1S/C14H20O2/c1-5-14(3,4)10-6-7-12-11(8-10)13(15)9(2)16-12/h6-9,13,15H,5H2,1-4H3. The molecule has 1 heterocycles. The van der Waals surface area contributed by atoms with E-state index < -0.39 is 6.10 Å². The Labute approximate surface area is 97.3 Å². The Hall–Kier alpha value is -1.02. The monoisotopic (exact) mass is 220 g/mol. The number of hydrogen-bond donors (Lipinski definition) is 1. The molecule has 1 aliphatic rings. The number of aliphatic hydroxyl groups is 1. The summed E-state index contributed by atoms with van der Waals surface area (Å²) >= 11 is 0. The second kappa shape index (κ2) is 3.77. The zero-order valence-corrected chi connectivity index (χ0v) is 10.4. The minimum atomic E-state index is -0.484. The van der Waals surface area contributed by atoms with Crippen LogP contribution in [0.5, 0.6) is 5.75 Å². The van der Waals surface area contributed by atoms with Crippen LogP contribution in [-0.2, 0) is 5.41 Å². The largest absolute Gasteiger partial charge is 0.487 e. The topological polar surface area (TPSA) is 29.5 Å². The van der Waals surface area contributed by atoms with E-state index in [4.69, 9.17) is 4.74 Å². The zero-order valence-electron chi connectivity index (χ0n) is 10.4. The molecule has 0 bridgehead atoms. The van der Waals surface area contributed by atoms with Crippen LogP contribution in [-0.4, -0.2) is 11.2 Å². The van der Waals surface area contributed by atoms with Gasteiger partial charge in [0.25, 0.3) is 0 Å². The van der Waals surface area contributed by atoms with Crippen LogP contribution < -0.4 is 4.74 Å². The lowest BCUT2D eigenvalue weighted by Crippen LogP contribution is -2.16. The first-order valence-corrected chi connectivity index (χ1v) is 5.95. The van der Waals surface area contributed by atoms with Gasteiger partial charge in [-0.25, -0.2) is 0 Å².